The molecule has 0 aliphatic carbocycles. The third-order valence-electron chi connectivity index (χ3n) is 2.41. The third-order valence-corrected chi connectivity index (χ3v) is 3.71. The lowest BCUT2D eigenvalue weighted by atomic mass is 10.2. The van der Waals surface area contributed by atoms with Crippen molar-refractivity contribution in [1.82, 2.24) is 4.57 Å². The van der Waals surface area contributed by atoms with Gasteiger partial charge in [-0.3, -0.25) is 4.79 Å². The predicted octanol–water partition coefficient (Wildman–Crippen LogP) is 2.82. The second kappa shape index (κ2) is 4.50. The molecule has 2 aromatic rings. The summed E-state index contributed by atoms with van der Waals surface area (Å²) in [6, 6.07) is 1.53. The van der Waals surface area contributed by atoms with Gasteiger partial charge in [0.1, 0.15) is 10.4 Å². The van der Waals surface area contributed by atoms with Gasteiger partial charge in [0.2, 0.25) is 5.43 Å². The van der Waals surface area contributed by atoms with Crippen LogP contribution in [0.4, 0.5) is 0 Å². The molecule has 0 aromatic carbocycles. The minimum Gasteiger partial charge on any atom is -0.477 e. The molecule has 0 bridgehead atoms. The number of aromatic carboxylic acids is 1. The highest BCUT2D eigenvalue weighted by molar-refractivity contribution is 7.22. The van der Waals surface area contributed by atoms with E-state index >= 15 is 0 Å². The maximum absolute atomic E-state index is 11.9. The molecule has 0 saturated carbocycles. The molecular weight excluding hydrogens is 262 g/mol. The minimum atomic E-state index is -1.20. The molecule has 0 amide bonds. The summed E-state index contributed by atoms with van der Waals surface area (Å²) in [7, 11) is 0. The highest BCUT2D eigenvalue weighted by Crippen LogP contribution is 2.27. The van der Waals surface area contributed by atoms with E-state index in [2.05, 4.69) is 0 Å². The summed E-state index contributed by atoms with van der Waals surface area (Å²) in [6.45, 7) is 2.65. The predicted molar refractivity (Wildman–Crippen MR) is 68.3 cm³/mol. The van der Waals surface area contributed by atoms with Crippen LogP contribution in [0.25, 0.3) is 10.2 Å². The van der Waals surface area contributed by atoms with Gasteiger partial charge in [0.15, 0.2) is 0 Å². The van der Waals surface area contributed by atoms with Crippen LogP contribution < -0.4 is 5.43 Å². The van der Waals surface area contributed by atoms with E-state index in [4.69, 9.17) is 16.7 Å². The second-order valence-electron chi connectivity index (χ2n) is 3.64. The Balaban J connectivity index is 2.84. The van der Waals surface area contributed by atoms with Crippen molar-refractivity contribution in [3.05, 3.63) is 32.4 Å². The van der Waals surface area contributed by atoms with Crippen LogP contribution in [0.15, 0.2) is 17.1 Å². The summed E-state index contributed by atoms with van der Waals surface area (Å²) in [4.78, 5) is 23.6. The topological polar surface area (TPSA) is 59.3 Å². The molecule has 2 heterocycles. The molecular formula is C11H10ClNO3S. The van der Waals surface area contributed by atoms with Crippen LogP contribution in [0.3, 0.4) is 0 Å². The zero-order valence-electron chi connectivity index (χ0n) is 9.07. The summed E-state index contributed by atoms with van der Waals surface area (Å²) in [5, 5.41) is 9.36. The number of nitrogens with zero attached hydrogens (tertiary/aromatic N) is 1. The van der Waals surface area contributed by atoms with Crippen LogP contribution in [-0.4, -0.2) is 15.6 Å². The number of rotatable bonds is 3. The number of hydrogen-bond acceptors (Lipinski definition) is 3. The summed E-state index contributed by atoms with van der Waals surface area (Å²) in [5.41, 5.74) is -0.677. The van der Waals surface area contributed by atoms with Gasteiger partial charge in [-0.15, -0.1) is 11.3 Å². The number of thiophene rings is 1. The first-order valence-corrected chi connectivity index (χ1v) is 6.29. The quantitative estimate of drug-likeness (QED) is 0.934. The van der Waals surface area contributed by atoms with Crippen molar-refractivity contribution in [1.29, 1.82) is 0 Å². The first-order valence-electron chi connectivity index (χ1n) is 5.10. The Morgan fingerprint density at radius 3 is 2.88 bits per heavy atom. The monoisotopic (exact) mass is 271 g/mol. The first kappa shape index (κ1) is 12.1. The lowest BCUT2D eigenvalue weighted by Crippen LogP contribution is -2.17. The fraction of sp³-hybridized carbons (Fsp3) is 0.273. The highest BCUT2D eigenvalue weighted by Gasteiger charge is 2.16. The molecule has 0 aliphatic heterocycles. The molecule has 0 aliphatic rings. The molecule has 0 fully saturated rings. The Labute approximate surface area is 106 Å². The Morgan fingerprint density at radius 1 is 1.59 bits per heavy atom. The van der Waals surface area contributed by atoms with Gasteiger partial charge in [0.25, 0.3) is 0 Å². The van der Waals surface area contributed by atoms with Gasteiger partial charge in [-0.05, 0) is 12.5 Å². The van der Waals surface area contributed by atoms with E-state index < -0.39 is 11.4 Å². The fourth-order valence-electron chi connectivity index (χ4n) is 1.71. The van der Waals surface area contributed by atoms with E-state index in [-0.39, 0.29) is 5.56 Å². The normalized spacial score (nSPS) is 10.9. The average Bonchev–Trinajstić information content (AvgIpc) is 2.64. The molecule has 0 spiro atoms. The van der Waals surface area contributed by atoms with Crippen molar-refractivity contribution in [3.63, 3.8) is 0 Å². The van der Waals surface area contributed by atoms with Crippen molar-refractivity contribution in [2.45, 2.75) is 19.9 Å². The number of carboxylic acid groups (broad SMARTS) is 1. The van der Waals surface area contributed by atoms with Gasteiger partial charge >= 0.3 is 5.97 Å². The van der Waals surface area contributed by atoms with Crippen molar-refractivity contribution in [2.24, 2.45) is 0 Å². The molecule has 2 aromatic heterocycles. The zero-order valence-corrected chi connectivity index (χ0v) is 10.6. The number of halogens is 1. The third kappa shape index (κ3) is 2.08. The van der Waals surface area contributed by atoms with Crippen molar-refractivity contribution in [2.75, 3.05) is 0 Å². The molecule has 2 rings (SSSR count). The average molecular weight is 272 g/mol. The number of aryl methyl sites for hydroxylation is 1. The van der Waals surface area contributed by atoms with Crippen LogP contribution in [-0.2, 0) is 6.54 Å². The Morgan fingerprint density at radius 2 is 2.29 bits per heavy atom. The summed E-state index contributed by atoms with van der Waals surface area (Å²) in [6.07, 6.45) is 2.25. The number of carbonyl (C=O) groups is 1. The highest BCUT2D eigenvalue weighted by atomic mass is 35.5. The number of carboxylic acids is 1. The molecule has 0 radical (unpaired) electrons. The summed E-state index contributed by atoms with van der Waals surface area (Å²) < 4.78 is 2.26. The standard InChI is InChI=1S/C11H10ClNO3S/c1-2-3-13-5-7(11(15)16)9(14)6-4-8(12)17-10(6)13/h4-5H,2-3H2,1H3,(H,15,16). The second-order valence-corrected chi connectivity index (χ2v) is 5.30. The Hall–Kier alpha value is -1.33. The molecule has 6 heteroatoms. The molecule has 0 unspecified atom stereocenters. The molecule has 0 saturated heterocycles. The summed E-state index contributed by atoms with van der Waals surface area (Å²) >= 11 is 7.17. The molecule has 90 valence electrons. The van der Waals surface area contributed by atoms with Crippen molar-refractivity contribution in [3.8, 4) is 0 Å². The molecule has 1 N–H and O–H groups in total. The van der Waals surface area contributed by atoms with E-state index in [1.165, 1.54) is 23.6 Å². The van der Waals surface area contributed by atoms with Gasteiger partial charge in [0, 0.05) is 12.7 Å². The smallest absolute Gasteiger partial charge is 0.341 e. The minimum absolute atomic E-state index is 0.208. The maximum atomic E-state index is 11.9. The van der Waals surface area contributed by atoms with Crippen LogP contribution in [0, 0.1) is 0 Å². The van der Waals surface area contributed by atoms with Crippen LogP contribution in [0.2, 0.25) is 4.34 Å². The van der Waals surface area contributed by atoms with Crippen LogP contribution in [0.5, 0.6) is 0 Å². The molecule has 0 atom stereocenters. The van der Waals surface area contributed by atoms with Gasteiger partial charge in [-0.25, -0.2) is 4.79 Å². The molecule has 17 heavy (non-hydrogen) atoms. The lowest BCUT2D eigenvalue weighted by molar-refractivity contribution is 0.0695. The van der Waals surface area contributed by atoms with E-state index in [1.54, 1.807) is 4.57 Å². The first-order chi connectivity index (χ1) is 8.04. The summed E-state index contributed by atoms with van der Waals surface area (Å²) in [5.74, 6) is -1.20. The fourth-order valence-corrected chi connectivity index (χ4v) is 2.92. The molecule has 4 nitrogen and oxygen atoms in total. The lowest BCUT2D eigenvalue weighted by Gasteiger charge is -2.07. The maximum Gasteiger partial charge on any atom is 0.341 e. The van der Waals surface area contributed by atoms with Gasteiger partial charge in [-0.1, -0.05) is 18.5 Å². The Bertz CT molecular complexity index is 644. The number of fused-ring (bicyclic) bond motifs is 1. The zero-order chi connectivity index (χ0) is 12.6. The van der Waals surface area contributed by atoms with Crippen molar-refractivity contribution < 1.29 is 9.90 Å². The number of hydrogen-bond donors (Lipinski definition) is 1. The van der Waals surface area contributed by atoms with Crippen LogP contribution >= 0.6 is 22.9 Å². The van der Waals surface area contributed by atoms with Crippen LogP contribution in [0.1, 0.15) is 23.7 Å². The SMILES string of the molecule is CCCn1cc(C(=O)O)c(=O)c2cc(Cl)sc21. The van der Waals surface area contributed by atoms with E-state index in [0.29, 0.717) is 16.3 Å². The van der Waals surface area contributed by atoms with Gasteiger partial charge < -0.3 is 9.67 Å². The largest absolute Gasteiger partial charge is 0.477 e. The van der Waals surface area contributed by atoms with Gasteiger partial charge in [-0.2, -0.15) is 0 Å². The number of aromatic nitrogens is 1. The Kier molecular flexibility index (Phi) is 3.22. The van der Waals surface area contributed by atoms with E-state index in [9.17, 15) is 9.59 Å². The van der Waals surface area contributed by atoms with Gasteiger partial charge in [0.05, 0.1) is 9.72 Å². The van der Waals surface area contributed by atoms with E-state index in [1.807, 2.05) is 6.92 Å². The van der Waals surface area contributed by atoms with Crippen molar-refractivity contribution >= 4 is 39.1 Å². The van der Waals surface area contributed by atoms with E-state index in [0.717, 1.165) is 11.3 Å². The number of pyridine rings is 1.